The molecule has 0 saturated carbocycles. The van der Waals surface area contributed by atoms with Gasteiger partial charge in [-0.1, -0.05) is 24.3 Å². The summed E-state index contributed by atoms with van der Waals surface area (Å²) in [6, 6.07) is 11.4. The highest BCUT2D eigenvalue weighted by molar-refractivity contribution is 5.82. The van der Waals surface area contributed by atoms with Gasteiger partial charge in [0.05, 0.1) is 0 Å². The third-order valence-corrected chi connectivity index (χ3v) is 3.95. The van der Waals surface area contributed by atoms with Crippen LogP contribution in [-0.2, 0) is 4.79 Å². The van der Waals surface area contributed by atoms with E-state index in [1.165, 1.54) is 6.21 Å². The molecule has 0 aliphatic carbocycles. The SMILES string of the molecule is Cc1cccc(OCC(=O)NN=CC=Cc2ccc3c(c2)OCO3)c1C. The molecule has 2 aromatic carbocycles. The second kappa shape index (κ2) is 8.20. The number of benzene rings is 2. The Morgan fingerprint density at radius 1 is 1.23 bits per heavy atom. The fourth-order valence-electron chi connectivity index (χ4n) is 2.38. The molecule has 1 aliphatic rings. The van der Waals surface area contributed by atoms with Gasteiger partial charge in [-0.15, -0.1) is 0 Å². The van der Waals surface area contributed by atoms with Crippen LogP contribution in [0.3, 0.4) is 0 Å². The van der Waals surface area contributed by atoms with Gasteiger partial charge in [0.15, 0.2) is 18.1 Å². The van der Waals surface area contributed by atoms with Gasteiger partial charge >= 0.3 is 0 Å². The van der Waals surface area contributed by atoms with Crippen LogP contribution in [0.2, 0.25) is 0 Å². The van der Waals surface area contributed by atoms with E-state index < -0.39 is 0 Å². The van der Waals surface area contributed by atoms with E-state index >= 15 is 0 Å². The van der Waals surface area contributed by atoms with Gasteiger partial charge in [0.2, 0.25) is 6.79 Å². The number of nitrogens with one attached hydrogen (secondary N) is 1. The minimum absolute atomic E-state index is 0.0898. The van der Waals surface area contributed by atoms with Crippen LogP contribution in [0.5, 0.6) is 17.2 Å². The Morgan fingerprint density at radius 3 is 2.96 bits per heavy atom. The average molecular weight is 352 g/mol. The van der Waals surface area contributed by atoms with Gasteiger partial charge in [0, 0.05) is 6.21 Å². The number of amides is 1. The fraction of sp³-hybridized carbons (Fsp3) is 0.200. The van der Waals surface area contributed by atoms with E-state index in [1.807, 2.05) is 56.3 Å². The lowest BCUT2D eigenvalue weighted by molar-refractivity contribution is -0.123. The van der Waals surface area contributed by atoms with Crippen molar-refractivity contribution in [3.8, 4) is 17.2 Å². The van der Waals surface area contributed by atoms with E-state index in [9.17, 15) is 4.79 Å². The van der Waals surface area contributed by atoms with Crippen molar-refractivity contribution in [1.82, 2.24) is 5.43 Å². The third kappa shape index (κ3) is 4.42. The smallest absolute Gasteiger partial charge is 0.277 e. The molecule has 1 N–H and O–H groups in total. The molecule has 1 aliphatic heterocycles. The molecule has 6 nitrogen and oxygen atoms in total. The van der Waals surface area contributed by atoms with Gasteiger partial charge in [0.25, 0.3) is 5.91 Å². The van der Waals surface area contributed by atoms with Crippen molar-refractivity contribution in [1.29, 1.82) is 0 Å². The summed E-state index contributed by atoms with van der Waals surface area (Å²) in [4.78, 5) is 11.8. The molecule has 1 heterocycles. The molecule has 0 spiro atoms. The van der Waals surface area contributed by atoms with Crippen molar-refractivity contribution in [2.75, 3.05) is 13.4 Å². The van der Waals surface area contributed by atoms with Gasteiger partial charge in [-0.05, 0) is 54.8 Å². The highest BCUT2D eigenvalue weighted by Crippen LogP contribution is 2.32. The minimum Gasteiger partial charge on any atom is -0.483 e. The zero-order valence-electron chi connectivity index (χ0n) is 14.7. The number of carbonyl (C=O) groups is 1. The molecule has 0 radical (unpaired) electrons. The lowest BCUT2D eigenvalue weighted by atomic mass is 10.1. The van der Waals surface area contributed by atoms with Gasteiger partial charge in [0.1, 0.15) is 5.75 Å². The zero-order valence-corrected chi connectivity index (χ0v) is 14.7. The molecule has 0 saturated heterocycles. The van der Waals surface area contributed by atoms with Crippen molar-refractivity contribution in [3.63, 3.8) is 0 Å². The molecule has 1 amide bonds. The predicted octanol–water partition coefficient (Wildman–Crippen LogP) is 3.23. The minimum atomic E-state index is -0.321. The number of hydrogen-bond donors (Lipinski definition) is 1. The molecule has 0 atom stereocenters. The number of ether oxygens (including phenoxy) is 3. The Labute approximate surface area is 152 Å². The first-order valence-electron chi connectivity index (χ1n) is 8.21. The third-order valence-electron chi connectivity index (χ3n) is 3.95. The molecule has 134 valence electrons. The van der Waals surface area contributed by atoms with Crippen molar-refractivity contribution in [3.05, 3.63) is 59.2 Å². The monoisotopic (exact) mass is 352 g/mol. The topological polar surface area (TPSA) is 69.2 Å². The van der Waals surface area contributed by atoms with Crippen LogP contribution >= 0.6 is 0 Å². The number of rotatable bonds is 6. The molecule has 0 fully saturated rings. The molecular formula is C20H20N2O4. The standard InChI is InChI=1S/C20H20N2O4/c1-14-5-3-7-17(15(14)2)24-12-20(23)22-21-10-4-6-16-8-9-18-19(11-16)26-13-25-18/h3-11H,12-13H2,1-2H3,(H,22,23). The predicted molar refractivity (Wildman–Crippen MR) is 99.6 cm³/mol. The second-order valence-electron chi connectivity index (χ2n) is 5.77. The summed E-state index contributed by atoms with van der Waals surface area (Å²) in [6.45, 7) is 4.12. The van der Waals surface area contributed by atoms with Crippen LogP contribution in [-0.4, -0.2) is 25.5 Å². The van der Waals surface area contributed by atoms with E-state index in [2.05, 4.69) is 10.5 Å². The molecule has 2 aromatic rings. The van der Waals surface area contributed by atoms with Gasteiger partial charge in [-0.3, -0.25) is 4.79 Å². The summed E-state index contributed by atoms with van der Waals surface area (Å²) < 4.78 is 16.1. The Hall–Kier alpha value is -3.28. The van der Waals surface area contributed by atoms with E-state index in [-0.39, 0.29) is 19.3 Å². The lowest BCUT2D eigenvalue weighted by Crippen LogP contribution is -2.24. The highest BCUT2D eigenvalue weighted by Gasteiger charge is 2.12. The Bertz CT molecular complexity index is 859. The lowest BCUT2D eigenvalue weighted by Gasteiger charge is -2.09. The van der Waals surface area contributed by atoms with E-state index in [4.69, 9.17) is 14.2 Å². The van der Waals surface area contributed by atoms with Crippen molar-refractivity contribution in [2.24, 2.45) is 5.10 Å². The highest BCUT2D eigenvalue weighted by atomic mass is 16.7. The number of hydrazone groups is 1. The van der Waals surface area contributed by atoms with E-state index in [0.717, 1.165) is 28.2 Å². The Morgan fingerprint density at radius 2 is 2.08 bits per heavy atom. The molecule has 0 aromatic heterocycles. The maximum atomic E-state index is 11.8. The number of fused-ring (bicyclic) bond motifs is 1. The van der Waals surface area contributed by atoms with Crippen molar-refractivity contribution in [2.45, 2.75) is 13.8 Å². The summed E-state index contributed by atoms with van der Waals surface area (Å²) in [5.41, 5.74) is 5.52. The zero-order chi connectivity index (χ0) is 18.4. The Balaban J connectivity index is 1.44. The maximum absolute atomic E-state index is 11.8. The summed E-state index contributed by atoms with van der Waals surface area (Å²) >= 11 is 0. The number of nitrogens with zero attached hydrogens (tertiary/aromatic N) is 1. The number of allylic oxidation sites excluding steroid dienone is 1. The van der Waals surface area contributed by atoms with Crippen LogP contribution in [0.15, 0.2) is 47.6 Å². The van der Waals surface area contributed by atoms with E-state index in [1.54, 1.807) is 6.08 Å². The first-order valence-corrected chi connectivity index (χ1v) is 8.21. The maximum Gasteiger partial charge on any atom is 0.277 e. The van der Waals surface area contributed by atoms with Crippen LogP contribution in [0, 0.1) is 13.8 Å². The molecule has 0 unspecified atom stereocenters. The van der Waals surface area contributed by atoms with Gasteiger partial charge in [-0.2, -0.15) is 5.10 Å². The van der Waals surface area contributed by atoms with Crippen molar-refractivity contribution < 1.29 is 19.0 Å². The van der Waals surface area contributed by atoms with Gasteiger partial charge in [-0.25, -0.2) is 5.43 Å². The number of hydrogen-bond acceptors (Lipinski definition) is 5. The van der Waals surface area contributed by atoms with Crippen LogP contribution < -0.4 is 19.6 Å². The van der Waals surface area contributed by atoms with Crippen LogP contribution in [0.4, 0.5) is 0 Å². The quantitative estimate of drug-likeness (QED) is 0.640. The van der Waals surface area contributed by atoms with Crippen LogP contribution in [0.25, 0.3) is 6.08 Å². The fourth-order valence-corrected chi connectivity index (χ4v) is 2.38. The summed E-state index contributed by atoms with van der Waals surface area (Å²) in [5.74, 6) is 1.85. The van der Waals surface area contributed by atoms with Crippen molar-refractivity contribution >= 4 is 18.2 Å². The second-order valence-corrected chi connectivity index (χ2v) is 5.77. The number of carbonyl (C=O) groups excluding carboxylic acids is 1. The first-order chi connectivity index (χ1) is 12.6. The van der Waals surface area contributed by atoms with Gasteiger partial charge < -0.3 is 14.2 Å². The molecule has 3 rings (SSSR count). The van der Waals surface area contributed by atoms with E-state index in [0.29, 0.717) is 5.75 Å². The summed E-state index contributed by atoms with van der Waals surface area (Å²) in [5, 5.41) is 3.86. The largest absolute Gasteiger partial charge is 0.483 e. The first kappa shape index (κ1) is 17.5. The summed E-state index contributed by atoms with van der Waals surface area (Å²) in [6.07, 6.45) is 5.08. The molecule has 6 heteroatoms. The average Bonchev–Trinajstić information content (AvgIpc) is 3.10. The normalized spacial score (nSPS) is 12.7. The Kier molecular flexibility index (Phi) is 5.53. The van der Waals surface area contributed by atoms with Crippen LogP contribution in [0.1, 0.15) is 16.7 Å². The molecule has 26 heavy (non-hydrogen) atoms. The number of aryl methyl sites for hydroxylation is 1. The molecular weight excluding hydrogens is 332 g/mol. The summed E-state index contributed by atoms with van der Waals surface area (Å²) in [7, 11) is 0. The molecule has 0 bridgehead atoms.